The van der Waals surface area contributed by atoms with E-state index < -0.39 is 22.4 Å². The zero-order chi connectivity index (χ0) is 11.2. The monoisotopic (exact) mass is 290 g/mol. The molecule has 0 aliphatic rings. The Kier molecular flexibility index (Phi) is 9.38. The van der Waals surface area contributed by atoms with Crippen LogP contribution in [0.5, 0.6) is 0 Å². The summed E-state index contributed by atoms with van der Waals surface area (Å²) in [6, 6.07) is -1.05. The molecule has 0 aromatic rings. The average Bonchev–Trinajstić information content (AvgIpc) is 2.01. The SMILES string of the molecule is NCCCC[C@H](N)C(=O)OS(=O)(=O)O.[Zn]. The normalized spacial score (nSPS) is 12.7. The van der Waals surface area contributed by atoms with Gasteiger partial charge in [0.05, 0.1) is 0 Å². The first-order valence-corrected chi connectivity index (χ1v) is 5.39. The quantitative estimate of drug-likeness (QED) is 0.317. The van der Waals surface area contributed by atoms with Crippen molar-refractivity contribution in [3.8, 4) is 0 Å². The maximum Gasteiger partial charge on any atom is 0.449 e. The molecule has 0 fully saturated rings. The minimum absolute atomic E-state index is 0. The van der Waals surface area contributed by atoms with Gasteiger partial charge in [-0.3, -0.25) is 4.55 Å². The Morgan fingerprint density at radius 2 is 1.93 bits per heavy atom. The molecule has 0 saturated heterocycles. The van der Waals surface area contributed by atoms with Crippen molar-refractivity contribution in [2.24, 2.45) is 11.5 Å². The zero-order valence-corrected chi connectivity index (χ0v) is 12.0. The minimum atomic E-state index is -4.75. The van der Waals surface area contributed by atoms with E-state index in [1.165, 1.54) is 0 Å². The van der Waals surface area contributed by atoms with Gasteiger partial charge in [0.25, 0.3) is 0 Å². The summed E-state index contributed by atoms with van der Waals surface area (Å²) in [5.41, 5.74) is 10.5. The Labute approximate surface area is 101 Å². The average molecular weight is 292 g/mol. The van der Waals surface area contributed by atoms with Crippen molar-refractivity contribution >= 4 is 16.4 Å². The molecular formula is C6H14N2O5SZn. The van der Waals surface area contributed by atoms with E-state index in [2.05, 4.69) is 4.18 Å². The smallest absolute Gasteiger partial charge is 0.330 e. The maximum atomic E-state index is 10.8. The van der Waals surface area contributed by atoms with Gasteiger partial charge in [0.1, 0.15) is 6.04 Å². The number of carbonyl (C=O) groups excluding carboxylic acids is 1. The fourth-order valence-electron chi connectivity index (χ4n) is 0.792. The van der Waals surface area contributed by atoms with Gasteiger partial charge < -0.3 is 15.7 Å². The molecule has 0 heterocycles. The molecule has 0 rings (SSSR count). The van der Waals surface area contributed by atoms with Crippen LogP contribution in [0.15, 0.2) is 0 Å². The second kappa shape index (κ2) is 8.12. The number of unbranched alkanes of at least 4 members (excludes halogenated alkanes) is 1. The van der Waals surface area contributed by atoms with Crippen LogP contribution in [0.4, 0.5) is 0 Å². The van der Waals surface area contributed by atoms with Crippen molar-refractivity contribution in [2.75, 3.05) is 6.54 Å². The Balaban J connectivity index is 0. The number of carbonyl (C=O) groups is 1. The van der Waals surface area contributed by atoms with E-state index in [0.717, 1.165) is 0 Å². The van der Waals surface area contributed by atoms with E-state index in [9.17, 15) is 13.2 Å². The van der Waals surface area contributed by atoms with Gasteiger partial charge in [-0.1, -0.05) is 6.42 Å². The van der Waals surface area contributed by atoms with Crippen LogP contribution in [0, 0.1) is 0 Å². The number of hydrogen-bond donors (Lipinski definition) is 3. The van der Waals surface area contributed by atoms with E-state index >= 15 is 0 Å². The van der Waals surface area contributed by atoms with Gasteiger partial charge in [-0.15, -0.1) is 0 Å². The Bertz CT molecular complexity index is 281. The first-order chi connectivity index (χ1) is 6.37. The number of rotatable bonds is 6. The van der Waals surface area contributed by atoms with Gasteiger partial charge >= 0.3 is 16.4 Å². The van der Waals surface area contributed by atoms with E-state index in [4.69, 9.17) is 16.0 Å². The molecule has 0 aromatic heterocycles. The summed E-state index contributed by atoms with van der Waals surface area (Å²) in [6.07, 6.45) is 1.55. The third kappa shape index (κ3) is 10.2. The molecule has 0 bridgehead atoms. The summed E-state index contributed by atoms with van der Waals surface area (Å²) < 4.78 is 32.1. The Hall–Kier alpha value is -0.0766. The molecular weight excluding hydrogens is 278 g/mol. The molecule has 0 aliphatic heterocycles. The molecule has 86 valence electrons. The van der Waals surface area contributed by atoms with Gasteiger partial charge in [-0.2, -0.15) is 8.42 Å². The summed E-state index contributed by atoms with van der Waals surface area (Å²) in [7, 11) is -4.75. The largest absolute Gasteiger partial charge is 0.449 e. The van der Waals surface area contributed by atoms with Crippen molar-refractivity contribution in [1.82, 2.24) is 0 Å². The Morgan fingerprint density at radius 3 is 2.33 bits per heavy atom. The standard InChI is InChI=1S/C6H14N2O5S.Zn/c7-4-2-1-3-5(8)6(9)13-14(10,11)12;/h5H,1-4,7-8H2,(H,10,11,12);/t5-;/m0./s1. The molecule has 0 saturated carbocycles. The van der Waals surface area contributed by atoms with E-state index in [0.29, 0.717) is 19.4 Å². The summed E-state index contributed by atoms with van der Waals surface area (Å²) in [4.78, 5) is 10.8. The van der Waals surface area contributed by atoms with Crippen molar-refractivity contribution in [3.63, 3.8) is 0 Å². The van der Waals surface area contributed by atoms with Crippen LogP contribution < -0.4 is 11.5 Å². The van der Waals surface area contributed by atoms with Crippen LogP contribution in [0.2, 0.25) is 0 Å². The minimum Gasteiger partial charge on any atom is -0.330 e. The Morgan fingerprint density at radius 1 is 1.40 bits per heavy atom. The van der Waals surface area contributed by atoms with Crippen molar-refractivity contribution in [2.45, 2.75) is 25.3 Å². The van der Waals surface area contributed by atoms with E-state index in [-0.39, 0.29) is 25.9 Å². The van der Waals surface area contributed by atoms with Crippen LogP contribution in [-0.4, -0.2) is 31.5 Å². The van der Waals surface area contributed by atoms with E-state index in [1.54, 1.807) is 0 Å². The molecule has 5 N–H and O–H groups in total. The second-order valence-corrected chi connectivity index (χ2v) is 3.74. The fourth-order valence-corrected chi connectivity index (χ4v) is 1.12. The molecule has 0 amide bonds. The van der Waals surface area contributed by atoms with Crippen molar-refractivity contribution in [1.29, 1.82) is 0 Å². The molecule has 0 radical (unpaired) electrons. The predicted octanol–water partition coefficient (Wildman–Crippen LogP) is -1.21. The third-order valence-electron chi connectivity index (χ3n) is 1.46. The van der Waals surface area contributed by atoms with E-state index in [1.807, 2.05) is 0 Å². The first-order valence-electron chi connectivity index (χ1n) is 4.03. The van der Waals surface area contributed by atoms with Gasteiger partial charge in [0.2, 0.25) is 0 Å². The number of nitrogens with two attached hydrogens (primary N) is 2. The summed E-state index contributed by atoms with van der Waals surface area (Å²) in [5, 5.41) is 0. The second-order valence-electron chi connectivity index (χ2n) is 2.72. The molecule has 7 nitrogen and oxygen atoms in total. The van der Waals surface area contributed by atoms with Crippen LogP contribution in [-0.2, 0) is 38.9 Å². The summed E-state index contributed by atoms with van der Waals surface area (Å²) in [5.74, 6) is -1.16. The van der Waals surface area contributed by atoms with Crippen LogP contribution in [0.3, 0.4) is 0 Å². The molecule has 0 unspecified atom stereocenters. The maximum absolute atomic E-state index is 10.8. The molecule has 0 spiro atoms. The topological polar surface area (TPSA) is 133 Å². The molecule has 9 heteroatoms. The van der Waals surface area contributed by atoms with Gasteiger partial charge in [0, 0.05) is 19.5 Å². The van der Waals surface area contributed by atoms with Crippen LogP contribution in [0.25, 0.3) is 0 Å². The number of hydrogen-bond acceptors (Lipinski definition) is 6. The van der Waals surface area contributed by atoms with Gasteiger partial charge in [0.15, 0.2) is 0 Å². The van der Waals surface area contributed by atoms with Gasteiger partial charge in [-0.25, -0.2) is 4.79 Å². The van der Waals surface area contributed by atoms with Crippen LogP contribution in [0.1, 0.15) is 19.3 Å². The van der Waals surface area contributed by atoms with Crippen molar-refractivity contribution < 1.29 is 41.4 Å². The third-order valence-corrected chi connectivity index (χ3v) is 1.83. The van der Waals surface area contributed by atoms with Crippen molar-refractivity contribution in [3.05, 3.63) is 0 Å². The first kappa shape index (κ1) is 17.3. The molecule has 1 atom stereocenters. The fraction of sp³-hybridized carbons (Fsp3) is 0.833. The predicted molar refractivity (Wildman–Crippen MR) is 48.5 cm³/mol. The summed E-state index contributed by atoms with van der Waals surface area (Å²) in [6.45, 7) is 0.472. The molecule has 0 aromatic carbocycles. The van der Waals surface area contributed by atoms with Gasteiger partial charge in [-0.05, 0) is 19.4 Å². The summed E-state index contributed by atoms with van der Waals surface area (Å²) >= 11 is 0. The molecule has 0 aliphatic carbocycles. The van der Waals surface area contributed by atoms with Crippen LogP contribution >= 0.6 is 0 Å². The zero-order valence-electron chi connectivity index (χ0n) is 8.26. The molecule has 15 heavy (non-hydrogen) atoms.